The monoisotopic (exact) mass is 408 g/mol. The maximum atomic E-state index is 12.3. The fourth-order valence-corrected chi connectivity index (χ4v) is 5.08. The van der Waals surface area contributed by atoms with E-state index in [1.165, 1.54) is 0 Å². The quantitative estimate of drug-likeness (QED) is 0.650. The van der Waals surface area contributed by atoms with Gasteiger partial charge < -0.3 is 10.0 Å². The van der Waals surface area contributed by atoms with Crippen LogP contribution in [0.25, 0.3) is 0 Å². The SMILES string of the molecule is O=C(O)C(CCC1CCN(C(=O)C2CC2)CC1)NS(=O)(=O)Cc1ccccc1. The van der Waals surface area contributed by atoms with Crippen LogP contribution in [-0.4, -0.2) is 49.4 Å². The number of nitrogens with one attached hydrogen (secondary N) is 1. The number of piperidine rings is 1. The summed E-state index contributed by atoms with van der Waals surface area (Å²) in [5.41, 5.74) is 0.617. The number of rotatable bonds is 9. The van der Waals surface area contributed by atoms with Gasteiger partial charge in [0, 0.05) is 19.0 Å². The van der Waals surface area contributed by atoms with Gasteiger partial charge in [0.25, 0.3) is 0 Å². The Bertz CT molecular complexity index is 784. The topological polar surface area (TPSA) is 104 Å². The molecule has 1 aromatic carbocycles. The van der Waals surface area contributed by atoms with Gasteiger partial charge in [-0.1, -0.05) is 30.3 Å². The molecule has 0 aromatic heterocycles. The third-order valence-corrected chi connectivity index (χ3v) is 6.89. The number of carboxylic acid groups (broad SMARTS) is 1. The van der Waals surface area contributed by atoms with Crippen LogP contribution in [0.5, 0.6) is 0 Å². The normalized spacial score (nSPS) is 19.4. The molecule has 3 rings (SSSR count). The second-order valence-corrected chi connectivity index (χ2v) is 9.63. The number of hydrogen-bond acceptors (Lipinski definition) is 4. The number of carbonyl (C=O) groups is 2. The van der Waals surface area contributed by atoms with Crippen LogP contribution in [0, 0.1) is 11.8 Å². The number of carboxylic acids is 1. The number of amides is 1. The number of carbonyl (C=O) groups excluding carboxylic acids is 1. The first-order valence-corrected chi connectivity index (χ1v) is 11.5. The van der Waals surface area contributed by atoms with Gasteiger partial charge in [0.15, 0.2) is 0 Å². The molecule has 8 heteroatoms. The van der Waals surface area contributed by atoms with Crippen molar-refractivity contribution in [1.29, 1.82) is 0 Å². The van der Waals surface area contributed by atoms with Crippen LogP contribution in [0.3, 0.4) is 0 Å². The molecule has 0 radical (unpaired) electrons. The highest BCUT2D eigenvalue weighted by Gasteiger charge is 2.35. The lowest BCUT2D eigenvalue weighted by Crippen LogP contribution is -2.42. The Morgan fingerprint density at radius 3 is 2.32 bits per heavy atom. The van der Waals surface area contributed by atoms with Crippen LogP contribution < -0.4 is 4.72 Å². The summed E-state index contributed by atoms with van der Waals surface area (Å²) < 4.78 is 27.0. The first kappa shape index (κ1) is 20.8. The van der Waals surface area contributed by atoms with Crippen molar-refractivity contribution in [3.05, 3.63) is 35.9 Å². The average Bonchev–Trinajstić information content (AvgIpc) is 3.50. The molecule has 2 N–H and O–H groups in total. The van der Waals surface area contributed by atoms with Crippen LogP contribution in [0.1, 0.15) is 44.1 Å². The largest absolute Gasteiger partial charge is 0.480 e. The lowest BCUT2D eigenvalue weighted by molar-refractivity contribution is -0.139. The molecule has 2 aliphatic rings. The fourth-order valence-electron chi connectivity index (χ4n) is 3.72. The van der Waals surface area contributed by atoms with E-state index in [9.17, 15) is 23.1 Å². The molecule has 2 fully saturated rings. The van der Waals surface area contributed by atoms with Gasteiger partial charge >= 0.3 is 5.97 Å². The molecule has 1 aromatic rings. The van der Waals surface area contributed by atoms with Gasteiger partial charge in [-0.05, 0) is 50.0 Å². The van der Waals surface area contributed by atoms with E-state index in [1.807, 2.05) is 4.90 Å². The van der Waals surface area contributed by atoms with E-state index in [2.05, 4.69) is 4.72 Å². The van der Waals surface area contributed by atoms with E-state index in [0.29, 0.717) is 17.9 Å². The van der Waals surface area contributed by atoms with Gasteiger partial charge in [0.1, 0.15) is 6.04 Å². The zero-order valence-corrected chi connectivity index (χ0v) is 16.7. The Labute approximate surface area is 166 Å². The van der Waals surface area contributed by atoms with E-state index >= 15 is 0 Å². The predicted octanol–water partition coefficient (Wildman–Crippen LogP) is 1.99. The molecule has 1 aliphatic carbocycles. The van der Waals surface area contributed by atoms with Crippen LogP contribution in [0.15, 0.2) is 30.3 Å². The number of benzene rings is 1. The standard InChI is InChI=1S/C20H28N2O5S/c23-19(17-7-8-17)22-12-10-15(11-13-22)6-9-18(20(24)25)21-28(26,27)14-16-4-2-1-3-5-16/h1-5,15,17-18,21H,6-14H2,(H,24,25). The Hall–Kier alpha value is -1.93. The third-order valence-electron chi connectivity index (χ3n) is 5.54. The van der Waals surface area contributed by atoms with Gasteiger partial charge in [-0.2, -0.15) is 0 Å². The summed E-state index contributed by atoms with van der Waals surface area (Å²) in [5, 5.41) is 9.44. The average molecular weight is 409 g/mol. The summed E-state index contributed by atoms with van der Waals surface area (Å²) in [6.45, 7) is 1.44. The second kappa shape index (κ2) is 9.05. The maximum Gasteiger partial charge on any atom is 0.321 e. The van der Waals surface area contributed by atoms with E-state index in [0.717, 1.165) is 38.8 Å². The summed E-state index contributed by atoms with van der Waals surface area (Å²) in [7, 11) is -3.74. The summed E-state index contributed by atoms with van der Waals surface area (Å²) in [6, 6.07) is 7.57. The first-order chi connectivity index (χ1) is 13.3. The molecule has 1 unspecified atom stereocenters. The predicted molar refractivity (Wildman–Crippen MR) is 105 cm³/mol. The van der Waals surface area contributed by atoms with Crippen molar-refractivity contribution in [2.45, 2.75) is 50.3 Å². The molecule has 28 heavy (non-hydrogen) atoms. The lowest BCUT2D eigenvalue weighted by atomic mass is 9.90. The first-order valence-electron chi connectivity index (χ1n) is 9.89. The van der Waals surface area contributed by atoms with Crippen molar-refractivity contribution in [2.75, 3.05) is 13.1 Å². The number of aliphatic carboxylic acids is 1. The minimum atomic E-state index is -3.74. The second-order valence-electron chi connectivity index (χ2n) is 7.87. The van der Waals surface area contributed by atoms with Gasteiger partial charge in [-0.15, -0.1) is 0 Å². The molecule has 1 atom stereocenters. The van der Waals surface area contributed by atoms with Crippen molar-refractivity contribution in [1.82, 2.24) is 9.62 Å². The minimum Gasteiger partial charge on any atom is -0.480 e. The van der Waals surface area contributed by atoms with Crippen LogP contribution in [0.4, 0.5) is 0 Å². The maximum absolute atomic E-state index is 12.3. The zero-order valence-electron chi connectivity index (χ0n) is 15.9. The Balaban J connectivity index is 1.47. The summed E-state index contributed by atoms with van der Waals surface area (Å²) >= 11 is 0. The van der Waals surface area contributed by atoms with E-state index < -0.39 is 22.0 Å². The molecule has 1 amide bonds. The fraction of sp³-hybridized carbons (Fsp3) is 0.600. The van der Waals surface area contributed by atoms with Crippen LogP contribution in [0.2, 0.25) is 0 Å². The molecular weight excluding hydrogens is 380 g/mol. The van der Waals surface area contributed by atoms with Crippen molar-refractivity contribution in [3.63, 3.8) is 0 Å². The highest BCUT2D eigenvalue weighted by atomic mass is 32.2. The summed E-state index contributed by atoms with van der Waals surface area (Å²) in [6.07, 6.45) is 4.59. The summed E-state index contributed by atoms with van der Waals surface area (Å²) in [4.78, 5) is 25.6. The van der Waals surface area contributed by atoms with Gasteiger partial charge in [0.05, 0.1) is 5.75 Å². The molecule has 154 valence electrons. The van der Waals surface area contributed by atoms with Gasteiger partial charge in [-0.25, -0.2) is 13.1 Å². The molecule has 0 spiro atoms. The third kappa shape index (κ3) is 6.04. The molecule has 1 saturated heterocycles. The van der Waals surface area contributed by atoms with Crippen molar-refractivity contribution in [3.8, 4) is 0 Å². The van der Waals surface area contributed by atoms with Crippen LogP contribution >= 0.6 is 0 Å². The van der Waals surface area contributed by atoms with Crippen LogP contribution in [-0.2, 0) is 25.4 Å². The molecular formula is C20H28N2O5S. The lowest BCUT2D eigenvalue weighted by Gasteiger charge is -2.32. The van der Waals surface area contributed by atoms with Crippen molar-refractivity contribution < 1.29 is 23.1 Å². The zero-order chi connectivity index (χ0) is 20.1. The van der Waals surface area contributed by atoms with Gasteiger partial charge in [0.2, 0.25) is 15.9 Å². The number of likely N-dealkylation sites (tertiary alicyclic amines) is 1. The Kier molecular flexibility index (Phi) is 6.72. The molecule has 7 nitrogen and oxygen atoms in total. The van der Waals surface area contributed by atoms with Crippen molar-refractivity contribution >= 4 is 21.9 Å². The van der Waals surface area contributed by atoms with E-state index in [-0.39, 0.29) is 24.0 Å². The number of sulfonamides is 1. The molecule has 0 bridgehead atoms. The highest BCUT2D eigenvalue weighted by Crippen LogP contribution is 2.33. The highest BCUT2D eigenvalue weighted by molar-refractivity contribution is 7.88. The molecule has 1 saturated carbocycles. The number of hydrogen-bond donors (Lipinski definition) is 2. The Morgan fingerprint density at radius 1 is 1.11 bits per heavy atom. The Morgan fingerprint density at radius 2 is 1.75 bits per heavy atom. The van der Waals surface area contributed by atoms with E-state index in [4.69, 9.17) is 0 Å². The van der Waals surface area contributed by atoms with E-state index in [1.54, 1.807) is 30.3 Å². The number of nitrogens with zero attached hydrogens (tertiary/aromatic N) is 1. The molecule has 1 aliphatic heterocycles. The van der Waals surface area contributed by atoms with Crippen molar-refractivity contribution in [2.24, 2.45) is 11.8 Å². The van der Waals surface area contributed by atoms with Gasteiger partial charge in [-0.3, -0.25) is 9.59 Å². The molecule has 1 heterocycles. The minimum absolute atomic E-state index is 0.229. The summed E-state index contributed by atoms with van der Waals surface area (Å²) in [5.74, 6) is -0.580. The smallest absolute Gasteiger partial charge is 0.321 e.